The number of carbonyl (C=O) groups is 3. The Morgan fingerprint density at radius 1 is 1.25 bits per heavy atom. The van der Waals surface area contributed by atoms with E-state index in [0.717, 1.165) is 0 Å². The summed E-state index contributed by atoms with van der Waals surface area (Å²) >= 11 is 0. The van der Waals surface area contributed by atoms with Gasteiger partial charge < -0.3 is 20.1 Å². The highest BCUT2D eigenvalue weighted by atomic mass is 16.5. The van der Waals surface area contributed by atoms with Gasteiger partial charge in [-0.1, -0.05) is 0 Å². The third kappa shape index (κ3) is 5.07. The van der Waals surface area contributed by atoms with Crippen LogP contribution in [0.25, 0.3) is 0 Å². The van der Waals surface area contributed by atoms with Gasteiger partial charge in [0.1, 0.15) is 0 Å². The van der Waals surface area contributed by atoms with E-state index in [-0.39, 0.29) is 30.4 Å². The maximum atomic E-state index is 11.9. The number of carbonyl (C=O) groups excluding carboxylic acids is 2. The second-order valence-electron chi connectivity index (χ2n) is 5.08. The molecule has 1 saturated carbocycles. The zero-order valence-electron chi connectivity index (χ0n) is 11.9. The molecule has 0 aromatic rings. The lowest BCUT2D eigenvalue weighted by atomic mass is 9.86. The number of nitrogens with zero attached hydrogens (tertiary/aromatic N) is 1. The first kappa shape index (κ1) is 16.3. The lowest BCUT2D eigenvalue weighted by Gasteiger charge is -2.28. The van der Waals surface area contributed by atoms with Gasteiger partial charge in [-0.25, -0.2) is 4.79 Å². The van der Waals surface area contributed by atoms with Gasteiger partial charge >= 0.3 is 18.0 Å². The number of ether oxygens (including phenoxy) is 1. The molecule has 0 unspecified atom stereocenters. The fourth-order valence-corrected chi connectivity index (χ4v) is 2.23. The molecular weight excluding hydrogens is 264 g/mol. The van der Waals surface area contributed by atoms with Crippen LogP contribution < -0.4 is 5.32 Å². The Hall–Kier alpha value is -1.79. The molecule has 0 spiro atoms. The Bertz CT molecular complexity index is 364. The molecule has 1 aliphatic carbocycles. The first-order valence-electron chi connectivity index (χ1n) is 6.75. The predicted octanol–water partition coefficient (Wildman–Crippen LogP) is 0.834. The maximum absolute atomic E-state index is 11.9. The van der Waals surface area contributed by atoms with Crippen LogP contribution in [-0.4, -0.2) is 54.7 Å². The molecule has 2 N–H and O–H groups in total. The van der Waals surface area contributed by atoms with Crippen LogP contribution in [-0.2, 0) is 14.3 Å². The fraction of sp³-hybridized carbons (Fsp3) is 0.769. The minimum Gasteiger partial charge on any atom is -0.481 e. The van der Waals surface area contributed by atoms with Crippen molar-refractivity contribution in [2.75, 3.05) is 20.7 Å². The molecule has 0 aromatic carbocycles. The molecule has 0 radical (unpaired) electrons. The minimum absolute atomic E-state index is 0.0127. The van der Waals surface area contributed by atoms with Gasteiger partial charge in [0.15, 0.2) is 0 Å². The smallest absolute Gasteiger partial charge is 0.317 e. The zero-order valence-corrected chi connectivity index (χ0v) is 11.9. The van der Waals surface area contributed by atoms with E-state index in [4.69, 9.17) is 5.11 Å². The van der Waals surface area contributed by atoms with Gasteiger partial charge in [-0.3, -0.25) is 9.59 Å². The van der Waals surface area contributed by atoms with E-state index in [1.54, 1.807) is 7.05 Å². The van der Waals surface area contributed by atoms with Crippen LogP contribution in [0.3, 0.4) is 0 Å². The Kier molecular flexibility index (Phi) is 6.27. The van der Waals surface area contributed by atoms with Crippen molar-refractivity contribution < 1.29 is 24.2 Å². The van der Waals surface area contributed by atoms with Gasteiger partial charge in [0.2, 0.25) is 0 Å². The number of hydrogen-bond acceptors (Lipinski definition) is 4. The Labute approximate surface area is 118 Å². The monoisotopic (exact) mass is 286 g/mol. The molecule has 7 heteroatoms. The molecule has 2 amide bonds. The first-order valence-corrected chi connectivity index (χ1v) is 6.75. The van der Waals surface area contributed by atoms with Gasteiger partial charge in [0.25, 0.3) is 0 Å². The number of esters is 1. The van der Waals surface area contributed by atoms with E-state index in [1.807, 2.05) is 0 Å². The molecule has 0 saturated heterocycles. The topological polar surface area (TPSA) is 95.9 Å². The van der Waals surface area contributed by atoms with E-state index in [0.29, 0.717) is 32.2 Å². The van der Waals surface area contributed by atoms with Crippen LogP contribution in [0, 0.1) is 5.92 Å². The fourth-order valence-electron chi connectivity index (χ4n) is 2.23. The highest BCUT2D eigenvalue weighted by Gasteiger charge is 2.27. The summed E-state index contributed by atoms with van der Waals surface area (Å²) in [5.74, 6) is -1.41. The second-order valence-corrected chi connectivity index (χ2v) is 5.08. The minimum atomic E-state index is -0.759. The van der Waals surface area contributed by atoms with Crippen LogP contribution >= 0.6 is 0 Å². The lowest BCUT2D eigenvalue weighted by molar-refractivity contribution is -0.143. The van der Waals surface area contributed by atoms with E-state index in [2.05, 4.69) is 10.1 Å². The lowest BCUT2D eigenvalue weighted by Crippen LogP contribution is -2.45. The molecule has 0 aromatic heterocycles. The summed E-state index contributed by atoms with van der Waals surface area (Å²) in [7, 11) is 2.92. The predicted molar refractivity (Wildman–Crippen MR) is 71.2 cm³/mol. The third-order valence-electron chi connectivity index (χ3n) is 3.63. The van der Waals surface area contributed by atoms with Crippen LogP contribution in [0.1, 0.15) is 32.1 Å². The van der Waals surface area contributed by atoms with E-state index in [9.17, 15) is 14.4 Å². The molecule has 7 nitrogen and oxygen atoms in total. The molecule has 1 rings (SSSR count). The quantitative estimate of drug-likeness (QED) is 0.730. The van der Waals surface area contributed by atoms with Crippen molar-refractivity contribution in [3.63, 3.8) is 0 Å². The maximum Gasteiger partial charge on any atom is 0.317 e. The van der Waals surface area contributed by atoms with Crippen molar-refractivity contribution in [1.82, 2.24) is 10.2 Å². The largest absolute Gasteiger partial charge is 0.481 e. The van der Waals surface area contributed by atoms with Crippen molar-refractivity contribution in [2.45, 2.75) is 38.1 Å². The van der Waals surface area contributed by atoms with E-state index < -0.39 is 5.97 Å². The normalized spacial score (nSPS) is 21.9. The number of carboxylic acids is 1. The van der Waals surface area contributed by atoms with Crippen molar-refractivity contribution >= 4 is 18.0 Å². The van der Waals surface area contributed by atoms with Crippen molar-refractivity contribution in [1.29, 1.82) is 0 Å². The summed E-state index contributed by atoms with van der Waals surface area (Å²) in [5, 5.41) is 11.8. The molecule has 0 aliphatic heterocycles. The number of hydrogen-bond donors (Lipinski definition) is 2. The SMILES string of the molecule is COC(=O)CCN(C)C(=O)NC1CCC(C(=O)O)CC1. The molecule has 0 atom stereocenters. The van der Waals surface area contributed by atoms with Gasteiger partial charge in [-0.05, 0) is 25.7 Å². The van der Waals surface area contributed by atoms with Crippen LogP contribution in [0.4, 0.5) is 4.79 Å². The summed E-state index contributed by atoms with van der Waals surface area (Å²) < 4.78 is 4.51. The summed E-state index contributed by atoms with van der Waals surface area (Å²) in [5.41, 5.74) is 0. The molecule has 114 valence electrons. The highest BCUT2D eigenvalue weighted by Crippen LogP contribution is 2.24. The number of amides is 2. The molecule has 1 aliphatic rings. The van der Waals surface area contributed by atoms with Crippen molar-refractivity contribution in [3.8, 4) is 0 Å². The van der Waals surface area contributed by atoms with Crippen molar-refractivity contribution in [3.05, 3.63) is 0 Å². The first-order chi connectivity index (χ1) is 9.43. The molecular formula is C13H22N2O5. The van der Waals surface area contributed by atoms with E-state index >= 15 is 0 Å². The average Bonchev–Trinajstić information content (AvgIpc) is 2.44. The third-order valence-corrected chi connectivity index (χ3v) is 3.63. The van der Waals surface area contributed by atoms with E-state index in [1.165, 1.54) is 12.0 Å². The van der Waals surface area contributed by atoms with Gasteiger partial charge in [-0.15, -0.1) is 0 Å². The number of carboxylic acid groups (broad SMARTS) is 1. The number of urea groups is 1. The summed E-state index contributed by atoms with van der Waals surface area (Å²) in [6, 6.07) is -0.230. The van der Waals surface area contributed by atoms with Crippen LogP contribution in [0.15, 0.2) is 0 Å². The average molecular weight is 286 g/mol. The molecule has 0 bridgehead atoms. The molecule has 1 fully saturated rings. The van der Waals surface area contributed by atoms with Gasteiger partial charge in [0.05, 0.1) is 19.4 Å². The number of rotatable bonds is 5. The van der Waals surface area contributed by atoms with Gasteiger partial charge in [0, 0.05) is 19.6 Å². The Balaban J connectivity index is 2.29. The second kappa shape index (κ2) is 7.72. The summed E-state index contributed by atoms with van der Waals surface area (Å²) in [6.07, 6.45) is 2.69. The van der Waals surface area contributed by atoms with Gasteiger partial charge in [-0.2, -0.15) is 0 Å². The molecule has 20 heavy (non-hydrogen) atoms. The Morgan fingerprint density at radius 2 is 1.85 bits per heavy atom. The number of methoxy groups -OCH3 is 1. The number of nitrogens with one attached hydrogen (secondary N) is 1. The van der Waals surface area contributed by atoms with Crippen molar-refractivity contribution in [2.24, 2.45) is 5.92 Å². The van der Waals surface area contributed by atoms with Crippen LogP contribution in [0.5, 0.6) is 0 Å². The summed E-state index contributed by atoms with van der Waals surface area (Å²) in [4.78, 5) is 35.1. The molecule has 0 heterocycles. The summed E-state index contributed by atoms with van der Waals surface area (Å²) in [6.45, 7) is 0.295. The zero-order chi connectivity index (χ0) is 15.1. The van der Waals surface area contributed by atoms with Crippen LogP contribution in [0.2, 0.25) is 0 Å². The highest BCUT2D eigenvalue weighted by molar-refractivity contribution is 5.75. The number of aliphatic carboxylic acids is 1. The Morgan fingerprint density at radius 3 is 2.35 bits per heavy atom. The standard InChI is InChI=1S/C13H22N2O5/c1-15(8-7-11(16)20-2)13(19)14-10-5-3-9(4-6-10)12(17)18/h9-10H,3-8H2,1-2H3,(H,14,19)(H,17,18).